The molecule has 0 saturated heterocycles. The Labute approximate surface area is 31.4 Å². The average Bonchev–Trinajstić information content (AvgIpc) is 1.00. The van der Waals surface area contributed by atoms with Gasteiger partial charge in [0.05, 0.1) is 0 Å². The molecule has 0 spiro atoms. The Hall–Kier alpha value is 0.294. The summed E-state index contributed by atoms with van der Waals surface area (Å²) in [6.45, 7) is 0. The fraction of sp³-hybridized carbons (Fsp3) is 0. The zero-order valence-corrected chi connectivity index (χ0v) is 3.79. The predicted octanol–water partition coefficient (Wildman–Crippen LogP) is -2.06. The SMILES string of the molecule is F.F[SiH3].[SiH4]. The first-order valence-corrected chi connectivity index (χ1v) is 1.13. The van der Waals surface area contributed by atoms with E-state index in [1.54, 1.807) is 0 Å². The normalized spacial score (nSPS) is 2.25. The molecule has 4 heteroatoms. The van der Waals surface area contributed by atoms with Crippen molar-refractivity contribution in [2.75, 3.05) is 0 Å². The molecule has 0 fully saturated rings. The van der Waals surface area contributed by atoms with Gasteiger partial charge in [0, 0.05) is 0 Å². The van der Waals surface area contributed by atoms with Gasteiger partial charge in [-0.1, -0.05) is 0 Å². The lowest BCUT2D eigenvalue weighted by atomic mass is 18.9. The summed E-state index contributed by atoms with van der Waals surface area (Å²) < 4.78 is 9.64. The molecular formula is H8F2Si2. The molecule has 0 unspecified atom stereocenters. The van der Waals surface area contributed by atoms with Gasteiger partial charge in [0.1, 0.15) is 0 Å². The van der Waals surface area contributed by atoms with Gasteiger partial charge >= 0.3 is 0 Å². The van der Waals surface area contributed by atoms with Gasteiger partial charge in [-0.05, 0) is 11.0 Å². The van der Waals surface area contributed by atoms with E-state index in [-0.39, 0.29) is 26.2 Å². The maximum atomic E-state index is 9.64. The van der Waals surface area contributed by atoms with E-state index in [0.717, 1.165) is 0 Å². The first kappa shape index (κ1) is 27.8. The third-order valence-electron chi connectivity index (χ3n) is 0. The van der Waals surface area contributed by atoms with Crippen molar-refractivity contribution in [3.63, 3.8) is 0 Å². The molecule has 0 aromatic carbocycles. The van der Waals surface area contributed by atoms with E-state index in [4.69, 9.17) is 0 Å². The Balaban J connectivity index is -0.00000000500. The zero-order valence-electron chi connectivity index (χ0n) is 1.79. The minimum absolute atomic E-state index is 0. The van der Waals surface area contributed by atoms with E-state index in [2.05, 4.69) is 0 Å². The lowest BCUT2D eigenvalue weighted by Gasteiger charge is -1.10. The Morgan fingerprint density at radius 1 is 1.25 bits per heavy atom. The quantitative estimate of drug-likeness (QED) is 0.244. The van der Waals surface area contributed by atoms with Crippen molar-refractivity contribution in [1.82, 2.24) is 0 Å². The fourth-order valence-electron chi connectivity index (χ4n) is 0. The molecule has 0 aliphatic heterocycles. The Morgan fingerprint density at radius 2 is 1.25 bits per heavy atom. The van der Waals surface area contributed by atoms with Gasteiger partial charge in [-0.15, -0.1) is 0 Å². The van der Waals surface area contributed by atoms with E-state index in [1.165, 1.54) is 0 Å². The van der Waals surface area contributed by atoms with Gasteiger partial charge in [-0.2, -0.15) is 0 Å². The molecule has 0 aromatic rings. The second-order valence-electron chi connectivity index (χ2n) is 0. The first-order valence-electron chi connectivity index (χ1n) is 0.378. The van der Waals surface area contributed by atoms with E-state index in [0.29, 0.717) is 0 Å². The molecule has 0 heterocycles. The molecule has 0 saturated carbocycles. The number of hydrogen-bond donors (Lipinski definition) is 0. The molecule has 0 aliphatic carbocycles. The van der Waals surface area contributed by atoms with Crippen LogP contribution in [0.4, 0.5) is 8.81 Å². The smallest absolute Gasteiger partial charge is 0.201 e. The summed E-state index contributed by atoms with van der Waals surface area (Å²) >= 11 is 0. The Morgan fingerprint density at radius 3 is 1.25 bits per heavy atom. The zero-order chi connectivity index (χ0) is 2.00. The third kappa shape index (κ3) is 44.5. The van der Waals surface area contributed by atoms with E-state index >= 15 is 0 Å². The summed E-state index contributed by atoms with van der Waals surface area (Å²) in [5.41, 5.74) is 0. The largest absolute Gasteiger partial charge is 0.327 e. The summed E-state index contributed by atoms with van der Waals surface area (Å²) in [4.78, 5) is 0. The molecule has 30 valence electrons. The van der Waals surface area contributed by atoms with Crippen molar-refractivity contribution < 1.29 is 8.81 Å². The number of hydrogen-bond acceptors (Lipinski definition) is 0. The van der Waals surface area contributed by atoms with Crippen LogP contribution in [0.25, 0.3) is 0 Å². The number of rotatable bonds is 0. The van der Waals surface area contributed by atoms with Crippen LogP contribution in [-0.2, 0) is 0 Å². The molecule has 0 amide bonds. The summed E-state index contributed by atoms with van der Waals surface area (Å²) in [5.74, 6) is 0. The second kappa shape index (κ2) is 201. The molecule has 0 bridgehead atoms. The van der Waals surface area contributed by atoms with Gasteiger partial charge < -0.3 is 4.11 Å². The molecule has 0 atom stereocenters. The Kier molecular flexibility index (Phi) is 1400. The van der Waals surface area contributed by atoms with Crippen molar-refractivity contribution >= 4 is 21.5 Å². The Bertz CT molecular complexity index is 4.00. The highest BCUT2D eigenvalue weighted by molar-refractivity contribution is 5.96. The molecular weight excluding hydrogens is 94.2 g/mol. The monoisotopic (exact) mass is 102 g/mol. The van der Waals surface area contributed by atoms with Gasteiger partial charge in [-0.3, -0.25) is 4.70 Å². The van der Waals surface area contributed by atoms with Crippen LogP contribution >= 0.6 is 0 Å². The van der Waals surface area contributed by atoms with E-state index in [9.17, 15) is 4.11 Å². The second-order valence-corrected chi connectivity index (χ2v) is 0. The average molecular weight is 102 g/mol. The first-order chi connectivity index (χ1) is 1.00. The van der Waals surface area contributed by atoms with Crippen LogP contribution in [0.2, 0.25) is 0 Å². The third-order valence-corrected chi connectivity index (χ3v) is 0. The van der Waals surface area contributed by atoms with Crippen LogP contribution in [0.15, 0.2) is 0 Å². The van der Waals surface area contributed by atoms with Crippen LogP contribution in [0.3, 0.4) is 0 Å². The summed E-state index contributed by atoms with van der Waals surface area (Å²) in [6, 6.07) is 0. The molecule has 0 rings (SSSR count). The van der Waals surface area contributed by atoms with Crippen LogP contribution in [0.1, 0.15) is 0 Å². The maximum absolute atomic E-state index is 9.64. The molecule has 0 N–H and O–H groups in total. The lowest BCUT2D eigenvalue weighted by molar-refractivity contribution is 0.902. The van der Waals surface area contributed by atoms with Crippen LogP contribution < -0.4 is 0 Å². The van der Waals surface area contributed by atoms with Crippen molar-refractivity contribution in [1.29, 1.82) is 0 Å². The van der Waals surface area contributed by atoms with Crippen molar-refractivity contribution in [3.05, 3.63) is 0 Å². The molecule has 0 radical (unpaired) electrons. The standard InChI is InChI=1S/FH3Si.FH.H4Si/c1-2;;/h2H3;1H;1H4. The van der Waals surface area contributed by atoms with Gasteiger partial charge in [0.2, 0.25) is 10.6 Å². The van der Waals surface area contributed by atoms with Gasteiger partial charge in [0.15, 0.2) is 0 Å². The maximum Gasteiger partial charge on any atom is 0.201 e. The molecule has 0 nitrogen and oxygen atoms in total. The summed E-state index contributed by atoms with van der Waals surface area (Å²) in [5, 5.41) is 0. The predicted molar refractivity (Wildman–Crippen MR) is 24.9 cm³/mol. The fourth-order valence-corrected chi connectivity index (χ4v) is 0. The highest BCUT2D eigenvalue weighted by Gasteiger charge is 0.971. The number of halogens is 2. The minimum atomic E-state index is -0.194. The van der Waals surface area contributed by atoms with Gasteiger partial charge in [0.25, 0.3) is 0 Å². The van der Waals surface area contributed by atoms with Crippen LogP contribution in [0.5, 0.6) is 0 Å². The van der Waals surface area contributed by atoms with Crippen LogP contribution in [-0.4, -0.2) is 21.5 Å². The summed E-state index contributed by atoms with van der Waals surface area (Å²) in [7, 11) is -0.194. The summed E-state index contributed by atoms with van der Waals surface area (Å²) in [6.07, 6.45) is 0. The topological polar surface area (TPSA) is 0 Å². The van der Waals surface area contributed by atoms with Crippen LogP contribution in [0, 0.1) is 0 Å². The van der Waals surface area contributed by atoms with Crippen molar-refractivity contribution in [2.45, 2.75) is 0 Å². The van der Waals surface area contributed by atoms with E-state index in [1.807, 2.05) is 0 Å². The highest BCUT2D eigenvalue weighted by Crippen LogP contribution is 1.10. The van der Waals surface area contributed by atoms with Crippen molar-refractivity contribution in [2.24, 2.45) is 0 Å². The minimum Gasteiger partial charge on any atom is -0.327 e. The van der Waals surface area contributed by atoms with Gasteiger partial charge in [-0.25, -0.2) is 0 Å². The highest BCUT2D eigenvalue weighted by atomic mass is 28.2. The molecule has 0 aliphatic rings. The molecule has 4 heavy (non-hydrogen) atoms. The lowest BCUT2D eigenvalue weighted by Crippen LogP contribution is -1.06. The van der Waals surface area contributed by atoms with E-state index < -0.39 is 0 Å². The molecule has 0 aromatic heterocycles. The van der Waals surface area contributed by atoms with Crippen molar-refractivity contribution in [3.8, 4) is 0 Å².